The highest BCUT2D eigenvalue weighted by Crippen LogP contribution is 2.27. The maximum Gasteiger partial charge on any atom is 0.327 e. The molecule has 0 spiro atoms. The molecule has 1 aromatic heterocycles. The van der Waals surface area contributed by atoms with Gasteiger partial charge < -0.3 is 9.88 Å². The number of para-hydroxylation sites is 1. The number of nitro groups is 1. The van der Waals surface area contributed by atoms with Crippen molar-refractivity contribution >= 4 is 11.4 Å². The number of nitrogens with one attached hydrogen (secondary N) is 1. The average Bonchev–Trinajstić information content (AvgIpc) is 2.82. The van der Waals surface area contributed by atoms with E-state index in [1.807, 2.05) is 10.8 Å². The molecule has 2 rings (SSSR count). The Labute approximate surface area is 121 Å². The Hall–Kier alpha value is -2.44. The van der Waals surface area contributed by atoms with Crippen molar-refractivity contribution in [1.29, 1.82) is 0 Å². The van der Waals surface area contributed by atoms with Crippen LogP contribution in [0, 0.1) is 21.8 Å². The molecular weight excluding hydrogens is 275 g/mol. The molecule has 21 heavy (non-hydrogen) atoms. The summed E-state index contributed by atoms with van der Waals surface area (Å²) in [5.74, 6) is 0.360. The lowest BCUT2D eigenvalue weighted by Gasteiger charge is -2.11. The van der Waals surface area contributed by atoms with Gasteiger partial charge in [0.15, 0.2) is 0 Å². The van der Waals surface area contributed by atoms with Gasteiger partial charge in [0, 0.05) is 18.9 Å². The van der Waals surface area contributed by atoms with Gasteiger partial charge in [0.2, 0.25) is 5.82 Å². The number of aromatic nitrogens is 2. The molecule has 2 aromatic rings. The number of benzene rings is 1. The van der Waals surface area contributed by atoms with Crippen molar-refractivity contribution in [3.63, 3.8) is 0 Å². The molecule has 0 fully saturated rings. The number of hydrogen-bond acceptors (Lipinski definition) is 4. The van der Waals surface area contributed by atoms with Gasteiger partial charge in [0.1, 0.15) is 11.5 Å². The summed E-state index contributed by atoms with van der Waals surface area (Å²) in [5.41, 5.74) is -0.390. The lowest BCUT2D eigenvalue weighted by molar-refractivity contribution is -0.386. The minimum absolute atomic E-state index is 0.152. The van der Waals surface area contributed by atoms with Crippen molar-refractivity contribution in [3.05, 3.63) is 52.3 Å². The summed E-state index contributed by atoms with van der Waals surface area (Å²) in [6, 6.07) is 3.99. The SMILES string of the molecule is CC(C)Cn1ccnc1CNc1cccc(F)c1[N+](=O)[O-]. The van der Waals surface area contributed by atoms with E-state index < -0.39 is 16.4 Å². The van der Waals surface area contributed by atoms with Crippen LogP contribution in [0.15, 0.2) is 30.6 Å². The van der Waals surface area contributed by atoms with Crippen LogP contribution in [0.1, 0.15) is 19.7 Å². The van der Waals surface area contributed by atoms with Crippen LogP contribution in [0.5, 0.6) is 0 Å². The smallest absolute Gasteiger partial charge is 0.327 e. The number of anilines is 1. The zero-order chi connectivity index (χ0) is 15.4. The van der Waals surface area contributed by atoms with E-state index in [1.165, 1.54) is 12.1 Å². The molecule has 0 aliphatic carbocycles. The van der Waals surface area contributed by atoms with E-state index in [2.05, 4.69) is 24.1 Å². The fourth-order valence-electron chi connectivity index (χ4n) is 2.08. The van der Waals surface area contributed by atoms with Crippen molar-refractivity contribution in [1.82, 2.24) is 9.55 Å². The topological polar surface area (TPSA) is 73.0 Å². The molecule has 0 radical (unpaired) electrons. The summed E-state index contributed by atoms with van der Waals surface area (Å²) < 4.78 is 15.5. The van der Waals surface area contributed by atoms with E-state index in [1.54, 1.807) is 6.20 Å². The Bertz CT molecular complexity index is 640. The van der Waals surface area contributed by atoms with Crippen molar-refractivity contribution in [2.24, 2.45) is 5.92 Å². The van der Waals surface area contributed by atoms with Crippen LogP contribution in [-0.2, 0) is 13.1 Å². The third-order valence-corrected chi connectivity index (χ3v) is 2.97. The first kappa shape index (κ1) is 15.0. The fourth-order valence-corrected chi connectivity index (χ4v) is 2.08. The Morgan fingerprint density at radius 1 is 1.48 bits per heavy atom. The van der Waals surface area contributed by atoms with E-state index in [0.717, 1.165) is 18.4 Å². The summed E-state index contributed by atoms with van der Waals surface area (Å²) in [4.78, 5) is 14.4. The summed E-state index contributed by atoms with van der Waals surface area (Å²) in [5, 5.41) is 13.8. The molecule has 0 unspecified atom stereocenters. The first-order chi connectivity index (χ1) is 9.99. The molecule has 0 amide bonds. The minimum atomic E-state index is -0.851. The molecule has 0 bridgehead atoms. The van der Waals surface area contributed by atoms with Gasteiger partial charge in [0.25, 0.3) is 0 Å². The highest BCUT2D eigenvalue weighted by molar-refractivity contribution is 5.61. The van der Waals surface area contributed by atoms with Crippen LogP contribution in [0.3, 0.4) is 0 Å². The lowest BCUT2D eigenvalue weighted by atomic mass is 10.2. The van der Waals surface area contributed by atoms with Crippen molar-refractivity contribution in [3.8, 4) is 0 Å². The maximum atomic E-state index is 13.5. The first-order valence-electron chi connectivity index (χ1n) is 6.65. The monoisotopic (exact) mass is 292 g/mol. The van der Waals surface area contributed by atoms with Crippen LogP contribution in [0.2, 0.25) is 0 Å². The molecule has 6 nitrogen and oxygen atoms in total. The fraction of sp³-hybridized carbons (Fsp3) is 0.357. The molecule has 0 aliphatic rings. The third-order valence-electron chi connectivity index (χ3n) is 2.97. The molecule has 112 valence electrons. The number of nitro benzene ring substituents is 1. The molecule has 0 atom stereocenters. The number of halogens is 1. The number of hydrogen-bond donors (Lipinski definition) is 1. The quantitative estimate of drug-likeness (QED) is 0.655. The van der Waals surface area contributed by atoms with Gasteiger partial charge >= 0.3 is 5.69 Å². The summed E-state index contributed by atoms with van der Waals surface area (Å²) in [6.45, 7) is 5.29. The highest BCUT2D eigenvalue weighted by atomic mass is 19.1. The minimum Gasteiger partial charge on any atom is -0.372 e. The van der Waals surface area contributed by atoms with E-state index in [0.29, 0.717) is 12.5 Å². The molecule has 1 N–H and O–H groups in total. The Morgan fingerprint density at radius 2 is 2.24 bits per heavy atom. The molecule has 7 heteroatoms. The van der Waals surface area contributed by atoms with Crippen LogP contribution >= 0.6 is 0 Å². The van der Waals surface area contributed by atoms with E-state index in [9.17, 15) is 14.5 Å². The van der Waals surface area contributed by atoms with E-state index in [-0.39, 0.29) is 5.69 Å². The predicted octanol–water partition coefficient (Wildman–Crippen LogP) is 3.20. The zero-order valence-electron chi connectivity index (χ0n) is 11.9. The van der Waals surface area contributed by atoms with Crippen LogP contribution in [0.4, 0.5) is 15.8 Å². The molecule has 0 saturated carbocycles. The largest absolute Gasteiger partial charge is 0.372 e. The lowest BCUT2D eigenvalue weighted by Crippen LogP contribution is -2.12. The molecule has 0 aliphatic heterocycles. The second-order valence-electron chi connectivity index (χ2n) is 5.14. The molecule has 1 aromatic carbocycles. The average molecular weight is 292 g/mol. The number of nitrogens with zero attached hydrogens (tertiary/aromatic N) is 3. The van der Waals surface area contributed by atoms with Crippen molar-refractivity contribution < 1.29 is 9.31 Å². The van der Waals surface area contributed by atoms with Gasteiger partial charge in [-0.25, -0.2) is 4.98 Å². The van der Waals surface area contributed by atoms with E-state index in [4.69, 9.17) is 0 Å². The normalized spacial score (nSPS) is 10.9. The molecule has 1 heterocycles. The van der Waals surface area contributed by atoms with Crippen LogP contribution in [0.25, 0.3) is 0 Å². The van der Waals surface area contributed by atoms with E-state index >= 15 is 0 Å². The number of imidazole rings is 1. The maximum absolute atomic E-state index is 13.5. The molecular formula is C14H17FN4O2. The van der Waals surface area contributed by atoms with Gasteiger partial charge in [-0.05, 0) is 18.1 Å². The predicted molar refractivity (Wildman–Crippen MR) is 77.4 cm³/mol. The van der Waals surface area contributed by atoms with Gasteiger partial charge in [-0.1, -0.05) is 19.9 Å². The van der Waals surface area contributed by atoms with Crippen LogP contribution < -0.4 is 5.32 Å². The highest BCUT2D eigenvalue weighted by Gasteiger charge is 2.19. The summed E-state index contributed by atoms with van der Waals surface area (Å²) in [7, 11) is 0. The van der Waals surface area contributed by atoms with Gasteiger partial charge in [-0.15, -0.1) is 0 Å². The molecule has 0 saturated heterocycles. The zero-order valence-corrected chi connectivity index (χ0v) is 11.9. The van der Waals surface area contributed by atoms with Gasteiger partial charge in [-0.2, -0.15) is 4.39 Å². The Kier molecular flexibility index (Phi) is 4.52. The Morgan fingerprint density at radius 3 is 2.90 bits per heavy atom. The summed E-state index contributed by atoms with van der Waals surface area (Å²) >= 11 is 0. The van der Waals surface area contributed by atoms with Crippen LogP contribution in [-0.4, -0.2) is 14.5 Å². The Balaban J connectivity index is 2.16. The second kappa shape index (κ2) is 6.34. The third kappa shape index (κ3) is 3.56. The first-order valence-corrected chi connectivity index (χ1v) is 6.65. The van der Waals surface area contributed by atoms with Crippen molar-refractivity contribution in [2.75, 3.05) is 5.32 Å². The van der Waals surface area contributed by atoms with Gasteiger partial charge in [0.05, 0.1) is 11.5 Å². The summed E-state index contributed by atoms with van der Waals surface area (Å²) in [6.07, 6.45) is 3.54. The van der Waals surface area contributed by atoms with Crippen molar-refractivity contribution in [2.45, 2.75) is 26.9 Å². The number of rotatable bonds is 6. The second-order valence-corrected chi connectivity index (χ2v) is 5.14. The standard InChI is InChI=1S/C14H17FN4O2/c1-10(2)9-18-7-6-16-13(18)8-17-12-5-3-4-11(15)14(12)19(20)21/h3-7,10,17H,8-9H2,1-2H3. The van der Waals surface area contributed by atoms with Gasteiger partial charge in [-0.3, -0.25) is 10.1 Å².